The van der Waals surface area contributed by atoms with Crippen molar-refractivity contribution in [2.24, 2.45) is 5.73 Å². The lowest BCUT2D eigenvalue weighted by molar-refractivity contribution is -0.137. The van der Waals surface area contributed by atoms with Crippen molar-refractivity contribution in [1.82, 2.24) is 0 Å². The minimum absolute atomic E-state index is 0.344. The molecule has 1 aromatic rings. The van der Waals surface area contributed by atoms with Gasteiger partial charge >= 0.3 is 6.18 Å². The normalized spacial score (nSPS) is 18.5. The van der Waals surface area contributed by atoms with E-state index in [1.807, 2.05) is 0 Å². The van der Waals surface area contributed by atoms with Crippen LogP contribution in [0.5, 0.6) is 0 Å². The molecule has 1 aliphatic rings. The van der Waals surface area contributed by atoms with Crippen LogP contribution in [0.25, 0.3) is 0 Å². The summed E-state index contributed by atoms with van der Waals surface area (Å²) in [6, 6.07) is 2.81. The highest BCUT2D eigenvalue weighted by Gasteiger charge is 2.40. The summed E-state index contributed by atoms with van der Waals surface area (Å²) in [5.74, 6) is -0.766. The highest BCUT2D eigenvalue weighted by Crippen LogP contribution is 2.47. The maximum Gasteiger partial charge on any atom is 0.416 e. The lowest BCUT2D eigenvalue weighted by Crippen LogP contribution is -2.37. The first-order valence-electron chi connectivity index (χ1n) is 5.96. The van der Waals surface area contributed by atoms with Crippen LogP contribution in [0.15, 0.2) is 18.2 Å². The minimum Gasteiger partial charge on any atom is -0.330 e. The zero-order valence-corrected chi connectivity index (χ0v) is 9.86. The first-order valence-corrected chi connectivity index (χ1v) is 5.96. The number of hydrogen-bond donors (Lipinski definition) is 1. The zero-order chi connectivity index (χ0) is 13.4. The predicted molar refractivity (Wildman–Crippen MR) is 60.6 cm³/mol. The molecule has 2 rings (SSSR count). The zero-order valence-electron chi connectivity index (χ0n) is 9.86. The molecule has 1 aliphatic carbocycles. The summed E-state index contributed by atoms with van der Waals surface area (Å²) >= 11 is 0. The molecule has 0 bridgehead atoms. The third kappa shape index (κ3) is 2.23. The van der Waals surface area contributed by atoms with Crippen LogP contribution in [-0.4, -0.2) is 6.54 Å². The molecule has 1 fully saturated rings. The molecule has 0 aliphatic heterocycles. The van der Waals surface area contributed by atoms with Crippen LogP contribution in [0.4, 0.5) is 17.6 Å². The van der Waals surface area contributed by atoms with Crippen LogP contribution in [0.3, 0.4) is 0 Å². The second-order valence-corrected chi connectivity index (χ2v) is 4.86. The Balaban J connectivity index is 2.35. The summed E-state index contributed by atoms with van der Waals surface area (Å²) in [5, 5.41) is 0. The average molecular weight is 261 g/mol. The topological polar surface area (TPSA) is 26.0 Å². The molecule has 1 aromatic carbocycles. The Morgan fingerprint density at radius 2 is 1.89 bits per heavy atom. The highest BCUT2D eigenvalue weighted by molar-refractivity contribution is 5.34. The molecule has 2 N–H and O–H groups in total. The minimum atomic E-state index is -4.50. The molecule has 0 aromatic heterocycles. The van der Waals surface area contributed by atoms with Crippen LogP contribution < -0.4 is 5.73 Å². The Morgan fingerprint density at radius 3 is 2.28 bits per heavy atom. The summed E-state index contributed by atoms with van der Waals surface area (Å²) in [7, 11) is 0. The van der Waals surface area contributed by atoms with Gasteiger partial charge in [-0.15, -0.1) is 0 Å². The SMILES string of the molecule is NCCC1(c2ccc(C(F)(F)F)cc2F)CCC1. The van der Waals surface area contributed by atoms with Crippen molar-refractivity contribution in [1.29, 1.82) is 0 Å². The van der Waals surface area contributed by atoms with Crippen LogP contribution in [0.1, 0.15) is 36.8 Å². The predicted octanol–water partition coefficient (Wildman–Crippen LogP) is 3.62. The molecule has 1 saturated carbocycles. The number of hydrogen-bond acceptors (Lipinski definition) is 1. The number of halogens is 4. The lowest BCUT2D eigenvalue weighted by Gasteiger charge is -2.42. The van der Waals surface area contributed by atoms with Gasteiger partial charge in [0.05, 0.1) is 5.56 Å². The lowest BCUT2D eigenvalue weighted by atomic mass is 9.62. The molecule has 0 amide bonds. The second-order valence-electron chi connectivity index (χ2n) is 4.86. The first kappa shape index (κ1) is 13.3. The molecule has 0 saturated heterocycles. The van der Waals surface area contributed by atoms with Gasteiger partial charge in [0, 0.05) is 0 Å². The molecule has 0 heterocycles. The summed E-state index contributed by atoms with van der Waals surface area (Å²) < 4.78 is 51.2. The largest absolute Gasteiger partial charge is 0.416 e. The molecule has 5 heteroatoms. The molecule has 0 atom stereocenters. The van der Waals surface area contributed by atoms with Gasteiger partial charge in [-0.25, -0.2) is 4.39 Å². The maximum absolute atomic E-state index is 13.9. The number of benzene rings is 1. The van der Waals surface area contributed by atoms with E-state index in [2.05, 4.69) is 0 Å². The smallest absolute Gasteiger partial charge is 0.330 e. The Labute approximate surface area is 103 Å². The van der Waals surface area contributed by atoms with Crippen molar-refractivity contribution in [3.05, 3.63) is 35.1 Å². The molecule has 18 heavy (non-hydrogen) atoms. The molecule has 100 valence electrons. The van der Waals surface area contributed by atoms with Crippen molar-refractivity contribution in [2.45, 2.75) is 37.3 Å². The number of alkyl halides is 3. The average Bonchev–Trinajstić information content (AvgIpc) is 2.22. The quantitative estimate of drug-likeness (QED) is 0.826. The van der Waals surface area contributed by atoms with Crippen LogP contribution in [0, 0.1) is 5.82 Å². The summed E-state index contributed by atoms with van der Waals surface area (Å²) in [5.41, 5.74) is 4.61. The molecular weight excluding hydrogens is 246 g/mol. The standard InChI is InChI=1S/C13H15F4N/c14-11-8-9(13(15,16)17)2-3-10(11)12(6-7-18)4-1-5-12/h2-3,8H,1,4-7,18H2. The van der Waals surface area contributed by atoms with Gasteiger partial charge in [-0.05, 0) is 48.9 Å². The van der Waals surface area contributed by atoms with Gasteiger partial charge in [0.15, 0.2) is 0 Å². The van der Waals surface area contributed by atoms with Crippen LogP contribution in [-0.2, 0) is 11.6 Å². The monoisotopic (exact) mass is 261 g/mol. The van der Waals surface area contributed by atoms with Crippen molar-refractivity contribution in [3.8, 4) is 0 Å². The fourth-order valence-electron chi connectivity index (χ4n) is 2.66. The van der Waals surface area contributed by atoms with Crippen molar-refractivity contribution in [2.75, 3.05) is 6.54 Å². The Bertz CT molecular complexity index is 435. The van der Waals surface area contributed by atoms with Crippen molar-refractivity contribution >= 4 is 0 Å². The van der Waals surface area contributed by atoms with Gasteiger partial charge in [-0.2, -0.15) is 13.2 Å². The third-order valence-electron chi connectivity index (χ3n) is 3.80. The fraction of sp³-hybridized carbons (Fsp3) is 0.538. The highest BCUT2D eigenvalue weighted by atomic mass is 19.4. The van der Waals surface area contributed by atoms with Crippen LogP contribution in [0.2, 0.25) is 0 Å². The van der Waals surface area contributed by atoms with E-state index in [1.165, 1.54) is 6.07 Å². The van der Waals surface area contributed by atoms with Crippen LogP contribution >= 0.6 is 0 Å². The van der Waals surface area contributed by atoms with E-state index in [0.29, 0.717) is 24.6 Å². The van der Waals surface area contributed by atoms with Gasteiger partial charge in [-0.1, -0.05) is 12.5 Å². The second kappa shape index (κ2) is 4.53. The molecule has 0 radical (unpaired) electrons. The van der Waals surface area contributed by atoms with E-state index in [4.69, 9.17) is 5.73 Å². The molecule has 1 nitrogen and oxygen atoms in total. The van der Waals surface area contributed by atoms with E-state index < -0.39 is 17.6 Å². The fourth-order valence-corrected chi connectivity index (χ4v) is 2.66. The number of nitrogens with two attached hydrogens (primary N) is 1. The van der Waals surface area contributed by atoms with Gasteiger partial charge in [0.2, 0.25) is 0 Å². The van der Waals surface area contributed by atoms with Crippen molar-refractivity contribution < 1.29 is 17.6 Å². The number of rotatable bonds is 3. The first-order chi connectivity index (χ1) is 8.39. The summed E-state index contributed by atoms with van der Waals surface area (Å²) in [4.78, 5) is 0. The molecule has 0 unspecified atom stereocenters. The van der Waals surface area contributed by atoms with Gasteiger partial charge in [0.1, 0.15) is 5.82 Å². The Morgan fingerprint density at radius 1 is 1.22 bits per heavy atom. The van der Waals surface area contributed by atoms with E-state index >= 15 is 0 Å². The molecular formula is C13H15F4N. The Kier molecular flexibility index (Phi) is 3.36. The Hall–Kier alpha value is -1.10. The van der Waals surface area contributed by atoms with E-state index in [1.54, 1.807) is 0 Å². The maximum atomic E-state index is 13.9. The van der Waals surface area contributed by atoms with E-state index in [-0.39, 0.29) is 5.41 Å². The van der Waals surface area contributed by atoms with E-state index in [0.717, 1.165) is 25.3 Å². The summed E-state index contributed by atoms with van der Waals surface area (Å²) in [6.07, 6.45) is -1.31. The third-order valence-corrected chi connectivity index (χ3v) is 3.80. The van der Waals surface area contributed by atoms with Gasteiger partial charge in [-0.3, -0.25) is 0 Å². The summed E-state index contributed by atoms with van der Waals surface area (Å²) in [6.45, 7) is 0.417. The molecule has 0 spiro atoms. The van der Waals surface area contributed by atoms with Gasteiger partial charge < -0.3 is 5.73 Å². The van der Waals surface area contributed by atoms with Crippen molar-refractivity contribution in [3.63, 3.8) is 0 Å². The van der Waals surface area contributed by atoms with E-state index in [9.17, 15) is 17.6 Å². The van der Waals surface area contributed by atoms with Gasteiger partial charge in [0.25, 0.3) is 0 Å².